The van der Waals surface area contributed by atoms with Crippen molar-refractivity contribution in [2.45, 2.75) is 13.0 Å². The van der Waals surface area contributed by atoms with E-state index in [0.29, 0.717) is 5.02 Å². The molecule has 0 saturated heterocycles. The molecule has 2 aromatic carbocycles. The molecule has 17 heavy (non-hydrogen) atoms. The standard InChI is InChI=1S/C14H12BrClO/c1-9-2-3-11(8-13(9)16)14(17)10-4-6-12(15)7-5-10/h2-8,14,17H,1H3/t14-/m0/s1. The maximum absolute atomic E-state index is 10.2. The number of hydrogen-bond acceptors (Lipinski definition) is 1. The monoisotopic (exact) mass is 310 g/mol. The molecule has 0 amide bonds. The van der Waals surface area contributed by atoms with Gasteiger partial charge in [0, 0.05) is 9.50 Å². The zero-order chi connectivity index (χ0) is 12.4. The molecule has 0 saturated carbocycles. The van der Waals surface area contributed by atoms with Crippen LogP contribution in [0.5, 0.6) is 0 Å². The maximum Gasteiger partial charge on any atom is 0.104 e. The first-order valence-electron chi connectivity index (χ1n) is 5.27. The van der Waals surface area contributed by atoms with E-state index in [2.05, 4.69) is 15.9 Å². The summed E-state index contributed by atoms with van der Waals surface area (Å²) >= 11 is 9.42. The van der Waals surface area contributed by atoms with E-state index in [4.69, 9.17) is 11.6 Å². The second-order valence-corrected chi connectivity index (χ2v) is 5.29. The molecule has 0 spiro atoms. The van der Waals surface area contributed by atoms with Crippen LogP contribution in [0.3, 0.4) is 0 Å². The number of rotatable bonds is 2. The van der Waals surface area contributed by atoms with E-state index in [0.717, 1.165) is 21.2 Å². The molecule has 2 aromatic rings. The van der Waals surface area contributed by atoms with Crippen LogP contribution in [-0.4, -0.2) is 5.11 Å². The van der Waals surface area contributed by atoms with Crippen molar-refractivity contribution in [3.05, 3.63) is 68.7 Å². The molecule has 0 bridgehead atoms. The molecule has 1 N–H and O–H groups in total. The van der Waals surface area contributed by atoms with Crippen molar-refractivity contribution in [3.63, 3.8) is 0 Å². The van der Waals surface area contributed by atoms with Gasteiger partial charge < -0.3 is 5.11 Å². The summed E-state index contributed by atoms with van der Waals surface area (Å²) in [6.45, 7) is 1.94. The SMILES string of the molecule is Cc1ccc([C@@H](O)c2ccc(Br)cc2)cc1Cl. The molecule has 0 aliphatic carbocycles. The van der Waals surface area contributed by atoms with Gasteiger partial charge in [-0.05, 0) is 41.8 Å². The third-order valence-electron chi connectivity index (χ3n) is 2.70. The second kappa shape index (κ2) is 5.21. The quantitative estimate of drug-likeness (QED) is 0.866. The molecular formula is C14H12BrClO. The van der Waals surface area contributed by atoms with Crippen LogP contribution in [0.4, 0.5) is 0 Å². The lowest BCUT2D eigenvalue weighted by molar-refractivity contribution is 0.220. The highest BCUT2D eigenvalue weighted by Gasteiger charge is 2.11. The Morgan fingerprint density at radius 3 is 2.24 bits per heavy atom. The van der Waals surface area contributed by atoms with Gasteiger partial charge in [-0.2, -0.15) is 0 Å². The average molecular weight is 312 g/mol. The number of benzene rings is 2. The Labute approximate surface area is 114 Å². The van der Waals surface area contributed by atoms with Crippen LogP contribution in [0.15, 0.2) is 46.9 Å². The van der Waals surface area contributed by atoms with Crippen molar-refractivity contribution in [2.75, 3.05) is 0 Å². The van der Waals surface area contributed by atoms with Gasteiger partial charge in [-0.3, -0.25) is 0 Å². The van der Waals surface area contributed by atoms with Gasteiger partial charge in [0.25, 0.3) is 0 Å². The smallest absolute Gasteiger partial charge is 0.104 e. The van der Waals surface area contributed by atoms with Crippen LogP contribution < -0.4 is 0 Å². The third kappa shape index (κ3) is 2.89. The Morgan fingerprint density at radius 2 is 1.65 bits per heavy atom. The minimum atomic E-state index is -0.638. The minimum Gasteiger partial charge on any atom is -0.384 e. The Bertz CT molecular complexity index is 522. The zero-order valence-corrected chi connectivity index (χ0v) is 11.7. The molecule has 3 heteroatoms. The van der Waals surface area contributed by atoms with Gasteiger partial charge in [-0.15, -0.1) is 0 Å². The Morgan fingerprint density at radius 1 is 1.06 bits per heavy atom. The zero-order valence-electron chi connectivity index (χ0n) is 9.32. The lowest BCUT2D eigenvalue weighted by Crippen LogP contribution is -1.99. The van der Waals surface area contributed by atoms with E-state index < -0.39 is 6.10 Å². The summed E-state index contributed by atoms with van der Waals surface area (Å²) in [5.74, 6) is 0. The molecule has 0 fully saturated rings. The topological polar surface area (TPSA) is 20.2 Å². The fourth-order valence-electron chi connectivity index (χ4n) is 1.62. The highest BCUT2D eigenvalue weighted by atomic mass is 79.9. The van der Waals surface area contributed by atoms with Crippen LogP contribution in [0, 0.1) is 6.92 Å². The predicted molar refractivity (Wildman–Crippen MR) is 74.4 cm³/mol. The summed E-state index contributed by atoms with van der Waals surface area (Å²) in [6.07, 6.45) is -0.638. The third-order valence-corrected chi connectivity index (χ3v) is 3.63. The van der Waals surface area contributed by atoms with Gasteiger partial charge in [0.1, 0.15) is 6.10 Å². The molecule has 0 unspecified atom stereocenters. The van der Waals surface area contributed by atoms with E-state index in [1.54, 1.807) is 0 Å². The molecule has 0 aliphatic heterocycles. The van der Waals surface area contributed by atoms with Crippen molar-refractivity contribution >= 4 is 27.5 Å². The van der Waals surface area contributed by atoms with Crippen LogP contribution in [-0.2, 0) is 0 Å². The van der Waals surface area contributed by atoms with Gasteiger partial charge in [-0.1, -0.05) is 51.8 Å². The summed E-state index contributed by atoms with van der Waals surface area (Å²) in [5.41, 5.74) is 2.68. The lowest BCUT2D eigenvalue weighted by Gasteiger charge is -2.12. The molecule has 0 aromatic heterocycles. The highest BCUT2D eigenvalue weighted by Crippen LogP contribution is 2.26. The van der Waals surface area contributed by atoms with Crippen LogP contribution >= 0.6 is 27.5 Å². The first-order chi connectivity index (χ1) is 8.08. The lowest BCUT2D eigenvalue weighted by atomic mass is 10.0. The number of hydrogen-bond donors (Lipinski definition) is 1. The molecule has 0 radical (unpaired) electrons. The van der Waals surface area contributed by atoms with Gasteiger partial charge in [0.2, 0.25) is 0 Å². The Balaban J connectivity index is 2.33. The van der Waals surface area contributed by atoms with Crippen molar-refractivity contribution in [2.24, 2.45) is 0 Å². The second-order valence-electron chi connectivity index (χ2n) is 3.96. The summed E-state index contributed by atoms with van der Waals surface area (Å²) in [4.78, 5) is 0. The van der Waals surface area contributed by atoms with Crippen molar-refractivity contribution in [3.8, 4) is 0 Å². The highest BCUT2D eigenvalue weighted by molar-refractivity contribution is 9.10. The number of aliphatic hydroxyl groups is 1. The Hall–Kier alpha value is -0.830. The molecule has 1 nitrogen and oxygen atoms in total. The minimum absolute atomic E-state index is 0.638. The summed E-state index contributed by atoms with van der Waals surface area (Å²) < 4.78 is 0.996. The van der Waals surface area contributed by atoms with Crippen LogP contribution in [0.25, 0.3) is 0 Å². The van der Waals surface area contributed by atoms with Gasteiger partial charge >= 0.3 is 0 Å². The fourth-order valence-corrected chi connectivity index (χ4v) is 2.07. The number of aliphatic hydroxyl groups excluding tert-OH is 1. The first kappa shape index (κ1) is 12.6. The largest absolute Gasteiger partial charge is 0.384 e. The fraction of sp³-hybridized carbons (Fsp3) is 0.143. The van der Waals surface area contributed by atoms with E-state index in [1.165, 1.54) is 0 Å². The van der Waals surface area contributed by atoms with Gasteiger partial charge in [0.15, 0.2) is 0 Å². The average Bonchev–Trinajstić information content (AvgIpc) is 2.33. The van der Waals surface area contributed by atoms with Crippen LogP contribution in [0.1, 0.15) is 22.8 Å². The summed E-state index contributed by atoms with van der Waals surface area (Å²) in [5, 5.41) is 10.9. The molecule has 1 atom stereocenters. The van der Waals surface area contributed by atoms with Crippen molar-refractivity contribution in [1.82, 2.24) is 0 Å². The number of aryl methyl sites for hydroxylation is 1. The molecule has 0 heterocycles. The van der Waals surface area contributed by atoms with Crippen molar-refractivity contribution in [1.29, 1.82) is 0 Å². The van der Waals surface area contributed by atoms with Crippen LogP contribution in [0.2, 0.25) is 5.02 Å². The molecule has 2 rings (SSSR count). The van der Waals surface area contributed by atoms with Gasteiger partial charge in [-0.25, -0.2) is 0 Å². The molecule has 0 aliphatic rings. The summed E-state index contributed by atoms with van der Waals surface area (Å²) in [7, 11) is 0. The van der Waals surface area contributed by atoms with E-state index >= 15 is 0 Å². The van der Waals surface area contributed by atoms with E-state index in [9.17, 15) is 5.11 Å². The summed E-state index contributed by atoms with van der Waals surface area (Å²) in [6, 6.07) is 13.2. The predicted octanol–water partition coefficient (Wildman–Crippen LogP) is 4.49. The molecule has 88 valence electrons. The maximum atomic E-state index is 10.2. The number of halogens is 2. The van der Waals surface area contributed by atoms with E-state index in [-0.39, 0.29) is 0 Å². The van der Waals surface area contributed by atoms with Crippen molar-refractivity contribution < 1.29 is 5.11 Å². The van der Waals surface area contributed by atoms with Gasteiger partial charge in [0.05, 0.1) is 0 Å². The Kier molecular flexibility index (Phi) is 3.87. The molecular weight excluding hydrogens is 300 g/mol. The first-order valence-corrected chi connectivity index (χ1v) is 6.44. The normalized spacial score (nSPS) is 12.5. The van der Waals surface area contributed by atoms with E-state index in [1.807, 2.05) is 49.4 Å².